The van der Waals surface area contributed by atoms with E-state index < -0.39 is 23.7 Å². The number of aromatic nitrogens is 2. The second-order valence-electron chi connectivity index (χ2n) is 7.62. The van der Waals surface area contributed by atoms with Gasteiger partial charge in [-0.25, -0.2) is 4.79 Å². The van der Waals surface area contributed by atoms with E-state index in [1.54, 1.807) is 12.0 Å². The van der Waals surface area contributed by atoms with Crippen LogP contribution < -0.4 is 21.1 Å². The molecule has 1 aliphatic carbocycles. The summed E-state index contributed by atoms with van der Waals surface area (Å²) in [7, 11) is 1.58. The first kappa shape index (κ1) is 22.3. The maximum atomic E-state index is 14.8. The monoisotopic (exact) mass is 444 g/mol. The number of hydrazine groups is 1. The minimum Gasteiger partial charge on any atom is -0.465 e. The summed E-state index contributed by atoms with van der Waals surface area (Å²) >= 11 is 5.92. The van der Waals surface area contributed by atoms with Crippen molar-refractivity contribution in [2.24, 2.45) is 11.8 Å². The van der Waals surface area contributed by atoms with E-state index >= 15 is 0 Å². The Bertz CT molecular complexity index is 773. The largest absolute Gasteiger partial charge is 0.465 e. The quantitative estimate of drug-likeness (QED) is 0.336. The fraction of sp³-hybridized carbons (Fsp3) is 0.667. The summed E-state index contributed by atoms with van der Waals surface area (Å²) in [6, 6.07) is 0. The summed E-state index contributed by atoms with van der Waals surface area (Å²) in [4.78, 5) is 32.9. The molecule has 1 aliphatic heterocycles. The molecule has 2 aliphatic rings. The van der Waals surface area contributed by atoms with Gasteiger partial charge in [-0.15, -0.1) is 0 Å². The van der Waals surface area contributed by atoms with E-state index in [-0.39, 0.29) is 29.6 Å². The molecule has 0 aromatic carbocycles. The van der Waals surface area contributed by atoms with E-state index in [1.807, 2.05) is 0 Å². The van der Waals surface area contributed by atoms with E-state index in [0.29, 0.717) is 25.4 Å². The van der Waals surface area contributed by atoms with Gasteiger partial charge in [-0.1, -0.05) is 25.7 Å². The van der Waals surface area contributed by atoms with Crippen LogP contribution in [0.25, 0.3) is 0 Å². The third kappa shape index (κ3) is 5.60. The lowest BCUT2D eigenvalue weighted by molar-refractivity contribution is -0.124. The Labute approximate surface area is 178 Å². The summed E-state index contributed by atoms with van der Waals surface area (Å²) < 4.78 is 20.0. The maximum Gasteiger partial charge on any atom is 0.404 e. The summed E-state index contributed by atoms with van der Waals surface area (Å²) in [6.45, 7) is 0.914. The van der Waals surface area contributed by atoms with Crippen molar-refractivity contribution in [2.75, 3.05) is 37.1 Å². The van der Waals surface area contributed by atoms with E-state index in [2.05, 4.69) is 26.1 Å². The van der Waals surface area contributed by atoms with Gasteiger partial charge in [0, 0.05) is 26.7 Å². The number of rotatable bonds is 9. The summed E-state index contributed by atoms with van der Waals surface area (Å²) in [5.74, 6) is -1.65. The first-order chi connectivity index (χ1) is 14.4. The van der Waals surface area contributed by atoms with Gasteiger partial charge in [-0.2, -0.15) is 14.4 Å². The molecule has 0 spiro atoms. The number of anilines is 2. The van der Waals surface area contributed by atoms with Crippen molar-refractivity contribution in [1.82, 2.24) is 20.7 Å². The first-order valence-electron chi connectivity index (χ1n) is 9.90. The van der Waals surface area contributed by atoms with Crippen molar-refractivity contribution in [2.45, 2.75) is 38.2 Å². The number of nitrogens with zero attached hydrogens (tertiary/aromatic N) is 3. The average Bonchev–Trinajstić information content (AvgIpc) is 3.18. The van der Waals surface area contributed by atoms with Crippen LogP contribution in [0, 0.1) is 17.7 Å². The zero-order valence-corrected chi connectivity index (χ0v) is 17.4. The highest BCUT2D eigenvalue weighted by atomic mass is 35.5. The Morgan fingerprint density at radius 3 is 2.67 bits per heavy atom. The Kier molecular flexibility index (Phi) is 7.48. The molecule has 1 aromatic rings. The van der Waals surface area contributed by atoms with E-state index in [4.69, 9.17) is 21.4 Å². The molecule has 2 heterocycles. The first-order valence-corrected chi connectivity index (χ1v) is 10.3. The molecule has 12 heteroatoms. The predicted molar refractivity (Wildman–Crippen MR) is 108 cm³/mol. The van der Waals surface area contributed by atoms with Gasteiger partial charge < -0.3 is 20.1 Å². The number of carbonyl (C=O) groups excluding carboxylic acids is 1. The molecular formula is C18H26ClFN6O4. The lowest BCUT2D eigenvalue weighted by Crippen LogP contribution is -2.52. The fourth-order valence-corrected chi connectivity index (χ4v) is 3.99. The molecule has 10 nitrogen and oxygen atoms in total. The van der Waals surface area contributed by atoms with Gasteiger partial charge in [0.1, 0.15) is 0 Å². The number of halogens is 2. The lowest BCUT2D eigenvalue weighted by atomic mass is 9.92. The molecule has 30 heavy (non-hydrogen) atoms. The van der Waals surface area contributed by atoms with Crippen LogP contribution in [-0.2, 0) is 9.53 Å². The van der Waals surface area contributed by atoms with Crippen molar-refractivity contribution < 1.29 is 23.8 Å². The van der Waals surface area contributed by atoms with E-state index in [9.17, 15) is 14.0 Å². The number of hydrogen-bond acceptors (Lipinski definition) is 7. The standard InChI is InChI=1S/C18H26ClFN6O4/c1-30-12-8-26(9-12)15-13(20)14(22-17(19)23-15)24-25-16(27)11(7-21-18(28)29)6-10-4-2-3-5-10/h10-12,21H,2-9H2,1H3,(H,25,27)(H,28,29)(H,22,23,24)/t11-/m1/s1. The third-order valence-corrected chi connectivity index (χ3v) is 5.72. The molecule has 0 bridgehead atoms. The fourth-order valence-electron chi connectivity index (χ4n) is 3.83. The Hall–Kier alpha value is -2.40. The molecule has 3 rings (SSSR count). The van der Waals surface area contributed by atoms with Gasteiger partial charge in [-0.05, 0) is 23.9 Å². The highest BCUT2D eigenvalue weighted by Crippen LogP contribution is 2.31. The molecule has 1 saturated carbocycles. The van der Waals surface area contributed by atoms with Crippen molar-refractivity contribution in [1.29, 1.82) is 0 Å². The summed E-state index contributed by atoms with van der Waals surface area (Å²) in [5.41, 5.74) is 4.90. The molecule has 0 radical (unpaired) electrons. The molecule has 2 fully saturated rings. The molecule has 4 N–H and O–H groups in total. The van der Waals surface area contributed by atoms with Crippen LogP contribution in [0.3, 0.4) is 0 Å². The second kappa shape index (κ2) is 10.1. The lowest BCUT2D eigenvalue weighted by Gasteiger charge is -2.39. The number of carbonyl (C=O) groups is 2. The van der Waals surface area contributed by atoms with E-state index in [1.165, 1.54) is 0 Å². The zero-order valence-electron chi connectivity index (χ0n) is 16.7. The summed E-state index contributed by atoms with van der Waals surface area (Å²) in [5, 5.41) is 11.0. The molecule has 0 unspecified atom stereocenters. The van der Waals surface area contributed by atoms with Crippen LogP contribution in [0.15, 0.2) is 0 Å². The average molecular weight is 445 g/mol. The number of methoxy groups -OCH3 is 1. The Morgan fingerprint density at radius 2 is 2.03 bits per heavy atom. The van der Waals surface area contributed by atoms with Crippen LogP contribution in [0.4, 0.5) is 20.8 Å². The molecule has 2 amide bonds. The van der Waals surface area contributed by atoms with Crippen LogP contribution in [-0.4, -0.2) is 59.9 Å². The predicted octanol–water partition coefficient (Wildman–Crippen LogP) is 2.01. The molecule has 166 valence electrons. The van der Waals surface area contributed by atoms with Crippen molar-refractivity contribution in [3.8, 4) is 0 Å². The summed E-state index contributed by atoms with van der Waals surface area (Å²) in [6.07, 6.45) is 3.60. The number of ether oxygens (including phenoxy) is 1. The normalized spacial score (nSPS) is 18.0. The SMILES string of the molecule is COC1CN(c2nc(Cl)nc(NNC(=O)[C@@H](CNC(=O)O)CC3CCCC3)c2F)C1. The van der Waals surface area contributed by atoms with Gasteiger partial charge in [-0.3, -0.25) is 15.6 Å². The van der Waals surface area contributed by atoms with Gasteiger partial charge in [0.15, 0.2) is 11.6 Å². The van der Waals surface area contributed by atoms with Crippen LogP contribution >= 0.6 is 11.6 Å². The highest BCUT2D eigenvalue weighted by Gasteiger charge is 2.32. The molecule has 1 saturated heterocycles. The van der Waals surface area contributed by atoms with Crippen molar-refractivity contribution >= 4 is 35.2 Å². The topological polar surface area (TPSA) is 129 Å². The van der Waals surface area contributed by atoms with Crippen molar-refractivity contribution in [3.63, 3.8) is 0 Å². The minimum atomic E-state index is -1.20. The molecule has 1 aromatic heterocycles. The number of hydrogen-bond donors (Lipinski definition) is 4. The Morgan fingerprint density at radius 1 is 1.33 bits per heavy atom. The number of amides is 2. The van der Waals surface area contributed by atoms with Gasteiger partial charge in [0.2, 0.25) is 17.0 Å². The molecular weight excluding hydrogens is 419 g/mol. The van der Waals surface area contributed by atoms with Gasteiger partial charge in [0.25, 0.3) is 0 Å². The second-order valence-corrected chi connectivity index (χ2v) is 7.96. The van der Waals surface area contributed by atoms with Crippen LogP contribution in [0.1, 0.15) is 32.1 Å². The number of carboxylic acid groups (broad SMARTS) is 1. The minimum absolute atomic E-state index is 0.00710. The van der Waals surface area contributed by atoms with E-state index in [0.717, 1.165) is 25.7 Å². The Balaban J connectivity index is 1.63. The zero-order chi connectivity index (χ0) is 21.7. The molecule has 1 atom stereocenters. The maximum absolute atomic E-state index is 14.8. The van der Waals surface area contributed by atoms with Gasteiger partial charge in [0.05, 0.1) is 12.0 Å². The third-order valence-electron chi connectivity index (χ3n) is 5.55. The van der Waals surface area contributed by atoms with Crippen molar-refractivity contribution in [3.05, 3.63) is 11.1 Å². The smallest absolute Gasteiger partial charge is 0.404 e. The number of nitrogens with one attached hydrogen (secondary N) is 3. The highest BCUT2D eigenvalue weighted by molar-refractivity contribution is 6.28. The van der Waals surface area contributed by atoms with Gasteiger partial charge >= 0.3 is 6.09 Å². The van der Waals surface area contributed by atoms with Crippen LogP contribution in [0.2, 0.25) is 5.28 Å². The van der Waals surface area contributed by atoms with Crippen LogP contribution in [0.5, 0.6) is 0 Å².